The molecule has 2 rings (SSSR count). The maximum atomic E-state index is 14.0. The number of aliphatic hydroxyl groups is 1. The van der Waals surface area contributed by atoms with Crippen LogP contribution < -0.4 is 5.32 Å². The highest BCUT2D eigenvalue weighted by molar-refractivity contribution is 5.94. The molecule has 1 aromatic carbocycles. The van der Waals surface area contributed by atoms with E-state index in [1.165, 1.54) is 16.8 Å². The number of carbonyl (C=O) groups is 1. The van der Waals surface area contributed by atoms with Crippen LogP contribution in [0.15, 0.2) is 36.7 Å². The van der Waals surface area contributed by atoms with Crippen LogP contribution >= 0.6 is 0 Å². The van der Waals surface area contributed by atoms with Crippen LogP contribution in [-0.4, -0.2) is 32.9 Å². The van der Waals surface area contributed by atoms with E-state index in [4.69, 9.17) is 5.11 Å². The van der Waals surface area contributed by atoms with Crippen LogP contribution in [0.2, 0.25) is 0 Å². The zero-order chi connectivity index (χ0) is 14.8. The molecule has 0 unspecified atom stereocenters. The fourth-order valence-electron chi connectivity index (χ4n) is 1.66. The van der Waals surface area contributed by atoms with E-state index in [1.54, 1.807) is 32.3 Å². The molecule has 0 fully saturated rings. The molecule has 0 aliphatic heterocycles. The van der Waals surface area contributed by atoms with Crippen LogP contribution in [0.4, 0.5) is 4.39 Å². The van der Waals surface area contributed by atoms with Gasteiger partial charge in [-0.15, -0.1) is 0 Å². The Labute approximate surface area is 116 Å². The molecule has 0 saturated heterocycles. The van der Waals surface area contributed by atoms with Gasteiger partial charge in [0, 0.05) is 18.0 Å². The highest BCUT2D eigenvalue weighted by atomic mass is 19.1. The summed E-state index contributed by atoms with van der Waals surface area (Å²) in [5.74, 6) is -0.974. The smallest absolute Gasteiger partial charge is 0.251 e. The molecule has 5 nitrogen and oxygen atoms in total. The number of nitrogens with one attached hydrogen (secondary N) is 1. The van der Waals surface area contributed by atoms with Crippen molar-refractivity contribution in [1.82, 2.24) is 15.1 Å². The van der Waals surface area contributed by atoms with Gasteiger partial charge in [0.05, 0.1) is 12.1 Å². The van der Waals surface area contributed by atoms with E-state index in [1.807, 2.05) is 0 Å². The molecule has 2 aromatic rings. The van der Waals surface area contributed by atoms with Crippen molar-refractivity contribution in [2.75, 3.05) is 6.61 Å². The predicted octanol–water partition coefficient (Wildman–Crippen LogP) is 1.51. The first-order valence-corrected chi connectivity index (χ1v) is 6.16. The van der Waals surface area contributed by atoms with E-state index < -0.39 is 17.3 Å². The zero-order valence-corrected chi connectivity index (χ0v) is 11.3. The molecule has 6 heteroatoms. The summed E-state index contributed by atoms with van der Waals surface area (Å²) in [6, 6.07) is 5.84. The standard InChI is InChI=1S/C14H16FN3O2/c1-14(2,9-19)17-13(20)10-4-5-12(11(15)8-10)18-7-3-6-16-18/h3-8,19H,9H2,1-2H3,(H,17,20). The van der Waals surface area contributed by atoms with E-state index in [-0.39, 0.29) is 17.9 Å². The number of hydrogen-bond acceptors (Lipinski definition) is 3. The number of nitrogens with zero attached hydrogens (tertiary/aromatic N) is 2. The van der Waals surface area contributed by atoms with Gasteiger partial charge in [0.25, 0.3) is 5.91 Å². The molecule has 0 radical (unpaired) electrons. The van der Waals surface area contributed by atoms with E-state index in [9.17, 15) is 9.18 Å². The van der Waals surface area contributed by atoms with Gasteiger partial charge < -0.3 is 10.4 Å². The minimum absolute atomic E-state index is 0.194. The summed E-state index contributed by atoms with van der Waals surface area (Å²) in [5.41, 5.74) is -0.290. The van der Waals surface area contributed by atoms with Gasteiger partial charge in [-0.05, 0) is 38.1 Å². The third-order valence-corrected chi connectivity index (χ3v) is 2.81. The zero-order valence-electron chi connectivity index (χ0n) is 11.3. The van der Waals surface area contributed by atoms with E-state index in [0.29, 0.717) is 0 Å². The number of rotatable bonds is 4. The molecule has 106 valence electrons. The van der Waals surface area contributed by atoms with Crippen molar-refractivity contribution in [3.63, 3.8) is 0 Å². The van der Waals surface area contributed by atoms with Crippen LogP contribution in [0, 0.1) is 5.82 Å². The topological polar surface area (TPSA) is 67.2 Å². The van der Waals surface area contributed by atoms with Crippen molar-refractivity contribution >= 4 is 5.91 Å². The molecular formula is C14H16FN3O2. The van der Waals surface area contributed by atoms with Gasteiger partial charge in [0.15, 0.2) is 0 Å². The fourth-order valence-corrected chi connectivity index (χ4v) is 1.66. The Morgan fingerprint density at radius 3 is 2.80 bits per heavy atom. The first kappa shape index (κ1) is 14.2. The Bertz CT molecular complexity index is 609. The van der Waals surface area contributed by atoms with Crippen LogP contribution in [0.3, 0.4) is 0 Å². The predicted molar refractivity (Wildman–Crippen MR) is 72.2 cm³/mol. The van der Waals surface area contributed by atoms with E-state index in [2.05, 4.69) is 10.4 Å². The van der Waals surface area contributed by atoms with Gasteiger partial charge in [-0.2, -0.15) is 5.10 Å². The summed E-state index contributed by atoms with van der Waals surface area (Å²) in [7, 11) is 0. The highest BCUT2D eigenvalue weighted by Crippen LogP contribution is 2.15. The van der Waals surface area contributed by atoms with Crippen molar-refractivity contribution in [2.45, 2.75) is 19.4 Å². The minimum atomic E-state index is -0.756. The summed E-state index contributed by atoms with van der Waals surface area (Å²) in [5, 5.41) is 15.7. The molecule has 0 aliphatic carbocycles. The lowest BCUT2D eigenvalue weighted by Crippen LogP contribution is -2.46. The lowest BCUT2D eigenvalue weighted by atomic mass is 10.1. The second-order valence-electron chi connectivity index (χ2n) is 5.11. The first-order chi connectivity index (χ1) is 9.43. The van der Waals surface area contributed by atoms with E-state index in [0.717, 1.165) is 6.07 Å². The Hall–Kier alpha value is -2.21. The van der Waals surface area contributed by atoms with Gasteiger partial charge in [0.1, 0.15) is 11.5 Å². The largest absolute Gasteiger partial charge is 0.394 e. The van der Waals surface area contributed by atoms with Crippen molar-refractivity contribution in [2.24, 2.45) is 0 Å². The number of halogens is 1. The number of amides is 1. The fraction of sp³-hybridized carbons (Fsp3) is 0.286. The average molecular weight is 277 g/mol. The SMILES string of the molecule is CC(C)(CO)NC(=O)c1ccc(-n2cccn2)c(F)c1. The lowest BCUT2D eigenvalue weighted by molar-refractivity contribution is 0.0869. The summed E-state index contributed by atoms with van der Waals surface area (Å²) >= 11 is 0. The molecule has 0 bridgehead atoms. The summed E-state index contributed by atoms with van der Waals surface area (Å²) in [6.45, 7) is 3.16. The molecule has 0 spiro atoms. The second-order valence-corrected chi connectivity index (χ2v) is 5.11. The Balaban J connectivity index is 2.23. The second kappa shape index (κ2) is 5.42. The van der Waals surface area contributed by atoms with Crippen LogP contribution in [-0.2, 0) is 0 Å². The molecule has 1 heterocycles. The Morgan fingerprint density at radius 1 is 1.50 bits per heavy atom. The number of aliphatic hydroxyl groups excluding tert-OH is 1. The number of carbonyl (C=O) groups excluding carboxylic acids is 1. The molecule has 0 saturated carbocycles. The number of aromatic nitrogens is 2. The molecule has 1 aromatic heterocycles. The summed E-state index contributed by atoms with van der Waals surface area (Å²) in [6.07, 6.45) is 3.16. The molecule has 2 N–H and O–H groups in total. The molecule has 0 atom stereocenters. The molecule has 1 amide bonds. The monoisotopic (exact) mass is 277 g/mol. The number of hydrogen-bond donors (Lipinski definition) is 2. The van der Waals surface area contributed by atoms with Gasteiger partial charge in [-0.3, -0.25) is 4.79 Å². The summed E-state index contributed by atoms with van der Waals surface area (Å²) < 4.78 is 15.4. The first-order valence-electron chi connectivity index (χ1n) is 6.16. The lowest BCUT2D eigenvalue weighted by Gasteiger charge is -2.23. The van der Waals surface area contributed by atoms with Crippen molar-refractivity contribution in [3.05, 3.63) is 48.0 Å². The van der Waals surface area contributed by atoms with Gasteiger partial charge in [-0.1, -0.05) is 0 Å². The van der Waals surface area contributed by atoms with Crippen molar-refractivity contribution < 1.29 is 14.3 Å². The third kappa shape index (κ3) is 3.03. The van der Waals surface area contributed by atoms with Crippen LogP contribution in [0.25, 0.3) is 5.69 Å². The molecule has 20 heavy (non-hydrogen) atoms. The van der Waals surface area contributed by atoms with Crippen LogP contribution in [0.1, 0.15) is 24.2 Å². The van der Waals surface area contributed by atoms with Crippen LogP contribution in [0.5, 0.6) is 0 Å². The average Bonchev–Trinajstić information content (AvgIpc) is 2.92. The number of benzene rings is 1. The maximum absolute atomic E-state index is 14.0. The highest BCUT2D eigenvalue weighted by Gasteiger charge is 2.20. The Kier molecular flexibility index (Phi) is 3.85. The normalized spacial score (nSPS) is 11.4. The maximum Gasteiger partial charge on any atom is 0.251 e. The van der Waals surface area contributed by atoms with Crippen molar-refractivity contribution in [3.8, 4) is 5.69 Å². The molecule has 0 aliphatic rings. The third-order valence-electron chi connectivity index (χ3n) is 2.81. The summed E-state index contributed by atoms with van der Waals surface area (Å²) in [4.78, 5) is 12.0. The van der Waals surface area contributed by atoms with Gasteiger partial charge >= 0.3 is 0 Å². The van der Waals surface area contributed by atoms with E-state index >= 15 is 0 Å². The quantitative estimate of drug-likeness (QED) is 0.890. The van der Waals surface area contributed by atoms with Gasteiger partial charge in [-0.25, -0.2) is 9.07 Å². The Morgan fingerprint density at radius 2 is 2.25 bits per heavy atom. The molecular weight excluding hydrogens is 261 g/mol. The van der Waals surface area contributed by atoms with Gasteiger partial charge in [0.2, 0.25) is 0 Å². The minimum Gasteiger partial charge on any atom is -0.394 e. The van der Waals surface area contributed by atoms with Crippen molar-refractivity contribution in [1.29, 1.82) is 0 Å².